The predicted molar refractivity (Wildman–Crippen MR) is 59.9 cm³/mol. The van der Waals surface area contributed by atoms with Gasteiger partial charge in [-0.1, -0.05) is 23.4 Å². The molecule has 0 radical (unpaired) electrons. The smallest absolute Gasteiger partial charge is 0.158 e. The number of benzene rings is 1. The van der Waals surface area contributed by atoms with Gasteiger partial charge in [0.25, 0.3) is 0 Å². The molecule has 0 aliphatic carbocycles. The van der Waals surface area contributed by atoms with Gasteiger partial charge in [0.15, 0.2) is 5.82 Å². The Bertz CT molecular complexity index is 395. The molecule has 0 saturated heterocycles. The average Bonchev–Trinajstić information content (AvgIpc) is 2.18. The molecule has 4 heteroatoms. The molecule has 0 aliphatic heterocycles. The first-order valence-electron chi connectivity index (χ1n) is 3.93. The van der Waals surface area contributed by atoms with Gasteiger partial charge in [0.05, 0.1) is 17.1 Å². The van der Waals surface area contributed by atoms with Gasteiger partial charge < -0.3 is 5.32 Å². The third-order valence-electron chi connectivity index (χ3n) is 1.52. The normalized spacial score (nSPS) is 9.43. The van der Waals surface area contributed by atoms with E-state index in [1.165, 1.54) is 0 Å². The molecule has 1 N–H and O–H groups in total. The third-order valence-corrected chi connectivity index (χ3v) is 2.78. The highest BCUT2D eigenvalue weighted by Gasteiger charge is 2.07. The van der Waals surface area contributed by atoms with Gasteiger partial charge in [-0.3, -0.25) is 0 Å². The highest BCUT2D eigenvalue weighted by molar-refractivity contribution is 9.10. The van der Waals surface area contributed by atoms with Gasteiger partial charge in [0, 0.05) is 4.47 Å². The zero-order valence-corrected chi connectivity index (χ0v) is 9.84. The van der Waals surface area contributed by atoms with Gasteiger partial charge >= 0.3 is 0 Å². The van der Waals surface area contributed by atoms with Crippen LogP contribution in [0.5, 0.6) is 0 Å². The van der Waals surface area contributed by atoms with Crippen molar-refractivity contribution in [1.82, 2.24) is 5.32 Å². The van der Waals surface area contributed by atoms with Crippen LogP contribution < -0.4 is 5.32 Å². The van der Waals surface area contributed by atoms with Crippen molar-refractivity contribution in [3.05, 3.63) is 33.0 Å². The lowest BCUT2D eigenvalue weighted by atomic mass is 10.2. The molecule has 0 bridgehead atoms. The zero-order chi connectivity index (χ0) is 10.6. The lowest BCUT2D eigenvalue weighted by Gasteiger charge is -1.99. The number of nitrogens with one attached hydrogen (secondary N) is 1. The van der Waals surface area contributed by atoms with Crippen molar-refractivity contribution in [2.75, 3.05) is 13.6 Å². The molecule has 1 nitrogen and oxygen atoms in total. The lowest BCUT2D eigenvalue weighted by Crippen LogP contribution is -2.04. The molecule has 0 aromatic heterocycles. The first-order chi connectivity index (χ1) is 6.66. The molecule has 0 spiro atoms. The standard InChI is InChI=1S/C10H8BrClFN/c1-14-6-2-3-7-4-5-8(11)9(12)10(7)13/h4-5,14H,6H2,1H3. The molecule has 74 valence electrons. The minimum absolute atomic E-state index is 0.0706. The van der Waals surface area contributed by atoms with E-state index in [2.05, 4.69) is 33.1 Å². The summed E-state index contributed by atoms with van der Waals surface area (Å²) in [5, 5.41) is 2.92. The first-order valence-corrected chi connectivity index (χ1v) is 5.11. The van der Waals surface area contributed by atoms with Crippen LogP contribution in [0.15, 0.2) is 16.6 Å². The van der Waals surface area contributed by atoms with E-state index in [-0.39, 0.29) is 5.02 Å². The third kappa shape index (κ3) is 2.71. The number of hydrogen-bond acceptors (Lipinski definition) is 1. The molecular weight excluding hydrogens is 268 g/mol. The Balaban J connectivity index is 3.02. The minimum Gasteiger partial charge on any atom is -0.309 e. The minimum atomic E-state index is -0.482. The average molecular weight is 277 g/mol. The summed E-state index contributed by atoms with van der Waals surface area (Å²) in [5.74, 6) is 4.97. The van der Waals surface area contributed by atoms with Crippen molar-refractivity contribution in [2.24, 2.45) is 0 Å². The Labute approximate surface area is 95.8 Å². The number of rotatable bonds is 1. The van der Waals surface area contributed by atoms with Crippen LogP contribution in [0.1, 0.15) is 5.56 Å². The molecule has 14 heavy (non-hydrogen) atoms. The van der Waals surface area contributed by atoms with E-state index in [1.807, 2.05) is 0 Å². The second kappa shape index (κ2) is 5.35. The lowest BCUT2D eigenvalue weighted by molar-refractivity contribution is 0.624. The first kappa shape index (κ1) is 11.5. The van der Waals surface area contributed by atoms with Crippen LogP contribution in [0.4, 0.5) is 4.39 Å². The van der Waals surface area contributed by atoms with Crippen LogP contribution in [-0.4, -0.2) is 13.6 Å². The highest BCUT2D eigenvalue weighted by Crippen LogP contribution is 2.26. The van der Waals surface area contributed by atoms with E-state index < -0.39 is 5.82 Å². The van der Waals surface area contributed by atoms with Gasteiger partial charge in [-0.05, 0) is 35.1 Å². The van der Waals surface area contributed by atoms with Crippen molar-refractivity contribution in [1.29, 1.82) is 0 Å². The monoisotopic (exact) mass is 275 g/mol. The molecule has 1 aromatic rings. The van der Waals surface area contributed by atoms with Crippen molar-refractivity contribution in [3.63, 3.8) is 0 Å². The topological polar surface area (TPSA) is 12.0 Å². The second-order valence-electron chi connectivity index (χ2n) is 2.56. The summed E-state index contributed by atoms with van der Waals surface area (Å²) in [6, 6.07) is 3.27. The van der Waals surface area contributed by atoms with Crippen LogP contribution >= 0.6 is 27.5 Å². The summed E-state index contributed by atoms with van der Waals surface area (Å²) in [6.45, 7) is 0.521. The zero-order valence-electron chi connectivity index (χ0n) is 7.50. The Kier molecular flexibility index (Phi) is 4.40. The molecular formula is C10H8BrClFN. The maximum absolute atomic E-state index is 13.4. The molecule has 0 fully saturated rings. The maximum atomic E-state index is 13.4. The van der Waals surface area contributed by atoms with Crippen LogP contribution in [0.25, 0.3) is 0 Å². The van der Waals surface area contributed by atoms with Gasteiger partial charge in [-0.2, -0.15) is 0 Å². The van der Waals surface area contributed by atoms with Crippen LogP contribution in [0, 0.1) is 17.7 Å². The summed E-state index contributed by atoms with van der Waals surface area (Å²) >= 11 is 8.82. The maximum Gasteiger partial charge on any atom is 0.158 e. The van der Waals surface area contributed by atoms with Crippen LogP contribution in [0.3, 0.4) is 0 Å². The molecule has 0 heterocycles. The number of hydrogen-bond donors (Lipinski definition) is 1. The highest BCUT2D eigenvalue weighted by atomic mass is 79.9. The fraction of sp³-hybridized carbons (Fsp3) is 0.200. The van der Waals surface area contributed by atoms with Crippen molar-refractivity contribution in [3.8, 4) is 11.8 Å². The summed E-state index contributed by atoms with van der Waals surface area (Å²) in [4.78, 5) is 0. The summed E-state index contributed by atoms with van der Waals surface area (Å²) in [7, 11) is 1.78. The Morgan fingerprint density at radius 2 is 2.29 bits per heavy atom. The Morgan fingerprint density at radius 3 is 2.93 bits per heavy atom. The fourth-order valence-corrected chi connectivity index (χ4v) is 1.32. The van der Waals surface area contributed by atoms with E-state index in [0.29, 0.717) is 16.6 Å². The summed E-state index contributed by atoms with van der Waals surface area (Å²) < 4.78 is 13.9. The van der Waals surface area contributed by atoms with Gasteiger partial charge in [-0.25, -0.2) is 4.39 Å². The van der Waals surface area contributed by atoms with Crippen LogP contribution in [0.2, 0.25) is 5.02 Å². The van der Waals surface area contributed by atoms with Gasteiger partial charge in [0.2, 0.25) is 0 Å². The van der Waals surface area contributed by atoms with E-state index in [9.17, 15) is 4.39 Å². The Hall–Kier alpha value is -0.560. The molecule has 1 aromatic carbocycles. The molecule has 0 saturated carbocycles. The molecule has 1 rings (SSSR count). The summed E-state index contributed by atoms with van der Waals surface area (Å²) in [5.41, 5.74) is 0.313. The second-order valence-corrected chi connectivity index (χ2v) is 3.79. The quantitative estimate of drug-likeness (QED) is 0.614. The molecule has 0 aliphatic rings. The summed E-state index contributed by atoms with van der Waals surface area (Å²) in [6.07, 6.45) is 0. The van der Waals surface area contributed by atoms with Crippen molar-refractivity contribution in [2.45, 2.75) is 0 Å². The fourth-order valence-electron chi connectivity index (χ4n) is 0.850. The van der Waals surface area contributed by atoms with E-state index >= 15 is 0 Å². The Morgan fingerprint density at radius 1 is 1.57 bits per heavy atom. The van der Waals surface area contributed by atoms with E-state index in [0.717, 1.165) is 0 Å². The van der Waals surface area contributed by atoms with E-state index in [1.54, 1.807) is 19.2 Å². The largest absolute Gasteiger partial charge is 0.309 e. The van der Waals surface area contributed by atoms with Gasteiger partial charge in [-0.15, -0.1) is 0 Å². The van der Waals surface area contributed by atoms with Crippen LogP contribution in [-0.2, 0) is 0 Å². The molecule has 0 atom stereocenters. The van der Waals surface area contributed by atoms with Crippen molar-refractivity contribution >= 4 is 27.5 Å². The van der Waals surface area contributed by atoms with E-state index in [4.69, 9.17) is 11.6 Å². The number of halogens is 3. The molecule has 0 unspecified atom stereocenters. The molecule has 0 amide bonds. The van der Waals surface area contributed by atoms with Gasteiger partial charge in [0.1, 0.15) is 0 Å². The van der Waals surface area contributed by atoms with Crippen molar-refractivity contribution < 1.29 is 4.39 Å². The SMILES string of the molecule is CNCC#Cc1ccc(Br)c(Cl)c1F. The predicted octanol–water partition coefficient (Wildman–Crippen LogP) is 2.81.